The number of anilines is 1. The summed E-state index contributed by atoms with van der Waals surface area (Å²) in [6.07, 6.45) is 8.00. The number of pyridine rings is 1. The van der Waals surface area contributed by atoms with Gasteiger partial charge in [0, 0.05) is 6.54 Å². The van der Waals surface area contributed by atoms with Gasteiger partial charge in [0.25, 0.3) is 0 Å². The number of hydrogen-bond acceptors (Lipinski definition) is 3. The van der Waals surface area contributed by atoms with E-state index in [1.807, 2.05) is 6.07 Å². The van der Waals surface area contributed by atoms with Gasteiger partial charge in [-0.25, -0.2) is 4.98 Å². The molecule has 0 amide bonds. The highest BCUT2D eigenvalue weighted by Gasteiger charge is 2.24. The van der Waals surface area contributed by atoms with E-state index < -0.39 is 0 Å². The molecule has 0 aromatic carbocycles. The van der Waals surface area contributed by atoms with Crippen LogP contribution in [-0.4, -0.2) is 17.6 Å². The number of nitrogens with zero attached hydrogens (tertiary/aromatic N) is 1. The zero-order valence-corrected chi connectivity index (χ0v) is 12.9. The summed E-state index contributed by atoms with van der Waals surface area (Å²) in [6.45, 7) is 6.05. The van der Waals surface area contributed by atoms with E-state index in [4.69, 9.17) is 4.74 Å². The monoisotopic (exact) mass is 276 g/mol. The number of hydrogen-bond donors (Lipinski definition) is 1. The molecule has 1 aromatic rings. The lowest BCUT2D eigenvalue weighted by Crippen LogP contribution is -2.27. The van der Waals surface area contributed by atoms with Gasteiger partial charge in [0.1, 0.15) is 5.82 Å². The molecule has 1 aliphatic rings. The van der Waals surface area contributed by atoms with Gasteiger partial charge in [0.2, 0.25) is 0 Å². The maximum atomic E-state index is 6.14. The molecule has 1 aromatic heterocycles. The molecule has 0 saturated heterocycles. The number of aromatic nitrogens is 1. The minimum atomic E-state index is 0.433. The van der Waals surface area contributed by atoms with Crippen molar-refractivity contribution in [3.63, 3.8) is 0 Å². The van der Waals surface area contributed by atoms with Gasteiger partial charge in [-0.15, -0.1) is 0 Å². The van der Waals surface area contributed by atoms with Gasteiger partial charge in [0.15, 0.2) is 0 Å². The molecule has 20 heavy (non-hydrogen) atoms. The summed E-state index contributed by atoms with van der Waals surface area (Å²) in [6, 6.07) is 6.14. The normalized spacial score (nSPS) is 22.7. The highest BCUT2D eigenvalue weighted by Crippen LogP contribution is 2.29. The van der Waals surface area contributed by atoms with Crippen LogP contribution in [0.25, 0.3) is 0 Å². The molecular weight excluding hydrogens is 248 g/mol. The molecule has 2 atom stereocenters. The fraction of sp³-hybridized carbons (Fsp3) is 0.706. The predicted octanol–water partition coefficient (Wildman–Crippen LogP) is 4.39. The number of nitrogens with one attached hydrogen (secondary N) is 1. The van der Waals surface area contributed by atoms with Gasteiger partial charge < -0.3 is 10.1 Å². The average molecular weight is 276 g/mol. The van der Waals surface area contributed by atoms with E-state index in [-0.39, 0.29) is 0 Å². The van der Waals surface area contributed by atoms with Crippen LogP contribution >= 0.6 is 0 Å². The topological polar surface area (TPSA) is 34.1 Å². The van der Waals surface area contributed by atoms with Crippen molar-refractivity contribution in [3.05, 3.63) is 23.9 Å². The highest BCUT2D eigenvalue weighted by atomic mass is 16.5. The summed E-state index contributed by atoms with van der Waals surface area (Å²) < 4.78 is 6.14. The van der Waals surface area contributed by atoms with Crippen molar-refractivity contribution in [1.82, 2.24) is 4.98 Å². The van der Waals surface area contributed by atoms with Gasteiger partial charge >= 0.3 is 0 Å². The lowest BCUT2D eigenvalue weighted by molar-refractivity contribution is -0.0234. The first-order valence-electron chi connectivity index (χ1n) is 8.15. The van der Waals surface area contributed by atoms with Crippen molar-refractivity contribution in [2.45, 2.75) is 65.1 Å². The molecule has 1 fully saturated rings. The van der Waals surface area contributed by atoms with E-state index in [1.54, 1.807) is 0 Å². The molecule has 2 rings (SSSR count). The van der Waals surface area contributed by atoms with Gasteiger partial charge in [-0.3, -0.25) is 0 Å². The van der Waals surface area contributed by atoms with Crippen LogP contribution in [0, 0.1) is 5.92 Å². The van der Waals surface area contributed by atoms with Crippen LogP contribution in [0.2, 0.25) is 0 Å². The molecule has 1 heterocycles. The van der Waals surface area contributed by atoms with Crippen molar-refractivity contribution in [3.8, 4) is 0 Å². The highest BCUT2D eigenvalue weighted by molar-refractivity contribution is 5.34. The molecule has 1 N–H and O–H groups in total. The Labute approximate surface area is 123 Å². The summed E-state index contributed by atoms with van der Waals surface area (Å²) in [5, 5.41) is 3.33. The van der Waals surface area contributed by atoms with Crippen LogP contribution in [0.3, 0.4) is 0 Å². The van der Waals surface area contributed by atoms with Crippen molar-refractivity contribution in [1.29, 1.82) is 0 Å². The molecule has 0 radical (unpaired) electrons. The third kappa shape index (κ3) is 4.48. The standard InChI is InChI=1S/C17H28N2O/c1-3-12-18-17-11-7-9-15(19-17)13-20-16-10-6-5-8-14(16)4-2/h7,9,11,14,16H,3-6,8,10,12-13H2,1-2H3,(H,18,19). The van der Waals surface area contributed by atoms with Gasteiger partial charge in [-0.05, 0) is 37.3 Å². The van der Waals surface area contributed by atoms with Gasteiger partial charge in [0.05, 0.1) is 18.4 Å². The first-order chi connectivity index (χ1) is 9.83. The Morgan fingerprint density at radius 1 is 1.25 bits per heavy atom. The predicted molar refractivity (Wildman–Crippen MR) is 83.8 cm³/mol. The smallest absolute Gasteiger partial charge is 0.126 e. The molecule has 3 heteroatoms. The third-order valence-corrected chi connectivity index (χ3v) is 4.17. The SMILES string of the molecule is CCCNc1cccc(COC2CCCCC2CC)n1. The molecule has 1 aliphatic carbocycles. The fourth-order valence-corrected chi connectivity index (χ4v) is 2.96. The van der Waals surface area contributed by atoms with Crippen molar-refractivity contribution < 1.29 is 4.74 Å². The molecule has 2 unspecified atom stereocenters. The van der Waals surface area contributed by atoms with E-state index >= 15 is 0 Å². The van der Waals surface area contributed by atoms with Crippen LogP contribution in [-0.2, 0) is 11.3 Å². The molecule has 0 bridgehead atoms. The average Bonchev–Trinajstić information content (AvgIpc) is 2.51. The molecule has 112 valence electrons. The zero-order chi connectivity index (χ0) is 14.2. The zero-order valence-electron chi connectivity index (χ0n) is 12.9. The van der Waals surface area contributed by atoms with Crippen LogP contribution in [0.15, 0.2) is 18.2 Å². The summed E-state index contributed by atoms with van der Waals surface area (Å²) in [5.41, 5.74) is 1.03. The fourth-order valence-electron chi connectivity index (χ4n) is 2.96. The van der Waals surface area contributed by atoms with Gasteiger partial charge in [-0.2, -0.15) is 0 Å². The molecule has 1 saturated carbocycles. The van der Waals surface area contributed by atoms with Crippen LogP contribution in [0.5, 0.6) is 0 Å². The molecular formula is C17H28N2O. The summed E-state index contributed by atoms with van der Waals surface area (Å²) in [4.78, 5) is 4.61. The van der Waals surface area contributed by atoms with Crippen molar-refractivity contribution >= 4 is 5.82 Å². The van der Waals surface area contributed by atoms with E-state index in [1.165, 1.54) is 32.1 Å². The quantitative estimate of drug-likeness (QED) is 0.802. The minimum Gasteiger partial charge on any atom is -0.372 e. The first kappa shape index (κ1) is 15.3. The Bertz CT molecular complexity index is 394. The Morgan fingerprint density at radius 2 is 2.10 bits per heavy atom. The van der Waals surface area contributed by atoms with E-state index in [0.717, 1.165) is 30.4 Å². The third-order valence-electron chi connectivity index (χ3n) is 4.17. The maximum absolute atomic E-state index is 6.14. The Balaban J connectivity index is 1.86. The Kier molecular flexibility index (Phi) is 6.31. The number of rotatable bonds is 7. The van der Waals surface area contributed by atoms with Gasteiger partial charge in [-0.1, -0.05) is 39.2 Å². The second-order valence-corrected chi connectivity index (χ2v) is 5.74. The van der Waals surface area contributed by atoms with Crippen LogP contribution in [0.4, 0.5) is 5.82 Å². The van der Waals surface area contributed by atoms with E-state index in [2.05, 4.69) is 36.3 Å². The first-order valence-corrected chi connectivity index (χ1v) is 8.15. The minimum absolute atomic E-state index is 0.433. The van der Waals surface area contributed by atoms with Crippen LogP contribution in [0.1, 0.15) is 58.1 Å². The second-order valence-electron chi connectivity index (χ2n) is 5.74. The van der Waals surface area contributed by atoms with Crippen LogP contribution < -0.4 is 5.32 Å². The molecule has 0 spiro atoms. The molecule has 3 nitrogen and oxygen atoms in total. The second kappa shape index (κ2) is 8.25. The maximum Gasteiger partial charge on any atom is 0.126 e. The van der Waals surface area contributed by atoms with E-state index in [0.29, 0.717) is 12.7 Å². The van der Waals surface area contributed by atoms with Crippen molar-refractivity contribution in [2.75, 3.05) is 11.9 Å². The summed E-state index contributed by atoms with van der Waals surface area (Å²) in [5.74, 6) is 1.70. The largest absolute Gasteiger partial charge is 0.372 e. The summed E-state index contributed by atoms with van der Waals surface area (Å²) in [7, 11) is 0. The lowest BCUT2D eigenvalue weighted by atomic mass is 9.85. The summed E-state index contributed by atoms with van der Waals surface area (Å²) >= 11 is 0. The lowest BCUT2D eigenvalue weighted by Gasteiger charge is -2.30. The Hall–Kier alpha value is -1.09. The van der Waals surface area contributed by atoms with Crippen molar-refractivity contribution in [2.24, 2.45) is 5.92 Å². The molecule has 0 aliphatic heterocycles. The van der Waals surface area contributed by atoms with E-state index in [9.17, 15) is 0 Å². The number of ether oxygens (including phenoxy) is 1. The Morgan fingerprint density at radius 3 is 2.90 bits per heavy atom.